The van der Waals surface area contributed by atoms with Crippen molar-refractivity contribution in [1.82, 2.24) is 10.2 Å². The lowest BCUT2D eigenvalue weighted by molar-refractivity contribution is -0.149. The molecule has 1 heterocycles. The highest BCUT2D eigenvalue weighted by Gasteiger charge is 2.34. The molecule has 3 amide bonds. The van der Waals surface area contributed by atoms with Crippen molar-refractivity contribution in [2.45, 2.75) is 53.0 Å². The van der Waals surface area contributed by atoms with Gasteiger partial charge in [-0.3, -0.25) is 19.7 Å². The van der Waals surface area contributed by atoms with Crippen molar-refractivity contribution in [3.63, 3.8) is 0 Å². The van der Waals surface area contributed by atoms with Crippen LogP contribution in [-0.2, 0) is 14.4 Å². The van der Waals surface area contributed by atoms with Crippen LogP contribution in [0.5, 0.6) is 0 Å². The van der Waals surface area contributed by atoms with Gasteiger partial charge in [0.15, 0.2) is 0 Å². The van der Waals surface area contributed by atoms with E-state index < -0.39 is 17.9 Å². The molecular formula is C15H27N3O3. The Morgan fingerprint density at radius 3 is 2.52 bits per heavy atom. The number of nitrogens with two attached hydrogens (primary N) is 1. The summed E-state index contributed by atoms with van der Waals surface area (Å²) in [6.07, 6.45) is 1.93. The molecule has 0 aromatic carbocycles. The van der Waals surface area contributed by atoms with Crippen molar-refractivity contribution in [3.05, 3.63) is 0 Å². The van der Waals surface area contributed by atoms with Gasteiger partial charge in [-0.25, -0.2) is 0 Å². The molecule has 0 spiro atoms. The lowest BCUT2D eigenvalue weighted by atomic mass is 9.76. The van der Waals surface area contributed by atoms with Gasteiger partial charge in [-0.05, 0) is 37.6 Å². The van der Waals surface area contributed by atoms with E-state index in [1.54, 1.807) is 6.92 Å². The molecule has 1 fully saturated rings. The summed E-state index contributed by atoms with van der Waals surface area (Å²) < 4.78 is 0. The summed E-state index contributed by atoms with van der Waals surface area (Å²) in [5.74, 6) is -0.622. The van der Waals surface area contributed by atoms with E-state index in [0.29, 0.717) is 18.9 Å². The fraction of sp³-hybridized carbons (Fsp3) is 0.800. The van der Waals surface area contributed by atoms with Crippen LogP contribution in [0.2, 0.25) is 0 Å². The first-order valence-electron chi connectivity index (χ1n) is 7.50. The molecule has 0 aromatic heterocycles. The molecule has 0 aromatic rings. The average molecular weight is 297 g/mol. The average Bonchev–Trinajstić information content (AvgIpc) is 2.37. The standard InChI is InChI=1S/C15H27N3O3/c1-10-14(21)17-12(19)9-18(10)13(20)6-5-11(7-8-16)15(2,3)4/h10-11H,5-9,16H2,1-4H3,(H,17,19,21). The summed E-state index contributed by atoms with van der Waals surface area (Å²) in [6, 6.07) is -0.585. The Morgan fingerprint density at radius 1 is 1.38 bits per heavy atom. The lowest BCUT2D eigenvalue weighted by Gasteiger charge is -2.34. The minimum atomic E-state index is -0.585. The number of hydrogen-bond donors (Lipinski definition) is 2. The predicted octanol–water partition coefficient (Wildman–Crippen LogP) is 0.651. The Kier molecular flexibility index (Phi) is 5.89. The number of carbonyl (C=O) groups is 3. The second kappa shape index (κ2) is 7.02. The monoisotopic (exact) mass is 297 g/mol. The lowest BCUT2D eigenvalue weighted by Crippen LogP contribution is -2.58. The summed E-state index contributed by atoms with van der Waals surface area (Å²) in [5, 5.41) is 2.24. The van der Waals surface area contributed by atoms with E-state index >= 15 is 0 Å². The van der Waals surface area contributed by atoms with Gasteiger partial charge >= 0.3 is 0 Å². The first kappa shape index (κ1) is 17.6. The Morgan fingerprint density at radius 2 is 2.00 bits per heavy atom. The number of rotatable bonds is 5. The summed E-state index contributed by atoms with van der Waals surface area (Å²) in [4.78, 5) is 36.6. The predicted molar refractivity (Wildman–Crippen MR) is 80.2 cm³/mol. The molecular weight excluding hydrogens is 270 g/mol. The van der Waals surface area contributed by atoms with Gasteiger partial charge in [0.25, 0.3) is 0 Å². The van der Waals surface area contributed by atoms with Gasteiger partial charge in [0, 0.05) is 6.42 Å². The van der Waals surface area contributed by atoms with Gasteiger partial charge < -0.3 is 10.6 Å². The molecule has 6 heteroatoms. The molecule has 1 aliphatic heterocycles. The van der Waals surface area contributed by atoms with Crippen LogP contribution in [0.25, 0.3) is 0 Å². The van der Waals surface area contributed by atoms with E-state index in [0.717, 1.165) is 12.8 Å². The summed E-state index contributed by atoms with van der Waals surface area (Å²) in [7, 11) is 0. The van der Waals surface area contributed by atoms with Gasteiger partial charge in [0.05, 0.1) is 0 Å². The van der Waals surface area contributed by atoms with Crippen LogP contribution < -0.4 is 11.1 Å². The molecule has 1 saturated heterocycles. The number of piperazine rings is 1. The molecule has 2 atom stereocenters. The molecule has 3 N–H and O–H groups in total. The van der Waals surface area contributed by atoms with Crippen molar-refractivity contribution in [2.24, 2.45) is 17.1 Å². The third kappa shape index (κ3) is 4.81. The topological polar surface area (TPSA) is 92.5 Å². The smallest absolute Gasteiger partial charge is 0.249 e. The zero-order valence-corrected chi connectivity index (χ0v) is 13.4. The van der Waals surface area contributed by atoms with E-state index in [9.17, 15) is 14.4 Å². The molecule has 120 valence electrons. The van der Waals surface area contributed by atoms with Gasteiger partial charge in [0.1, 0.15) is 12.6 Å². The highest BCUT2D eigenvalue weighted by atomic mass is 16.2. The molecule has 1 aliphatic rings. The minimum Gasteiger partial charge on any atom is -0.330 e. The maximum atomic E-state index is 12.3. The normalized spacial score (nSPS) is 21.2. The van der Waals surface area contributed by atoms with Crippen LogP contribution in [0.4, 0.5) is 0 Å². The summed E-state index contributed by atoms with van der Waals surface area (Å²) in [6.45, 7) is 8.61. The third-order valence-electron chi connectivity index (χ3n) is 4.19. The van der Waals surface area contributed by atoms with Crippen LogP contribution in [0.1, 0.15) is 47.0 Å². The number of nitrogens with zero attached hydrogens (tertiary/aromatic N) is 1. The van der Waals surface area contributed by atoms with Crippen molar-refractivity contribution in [3.8, 4) is 0 Å². The second-order valence-electron chi connectivity index (χ2n) is 6.79. The largest absolute Gasteiger partial charge is 0.330 e. The SMILES string of the molecule is CC1C(=O)NC(=O)CN1C(=O)CCC(CCN)C(C)(C)C. The Labute approximate surface area is 126 Å². The number of nitrogens with one attached hydrogen (secondary N) is 1. The van der Waals surface area contributed by atoms with E-state index in [1.165, 1.54) is 4.90 Å². The Hall–Kier alpha value is -1.43. The van der Waals surface area contributed by atoms with E-state index in [2.05, 4.69) is 26.1 Å². The maximum absolute atomic E-state index is 12.3. The molecule has 0 saturated carbocycles. The summed E-state index contributed by atoms with van der Waals surface area (Å²) in [5.41, 5.74) is 5.72. The highest BCUT2D eigenvalue weighted by Crippen LogP contribution is 2.32. The minimum absolute atomic E-state index is 0.0389. The molecule has 2 unspecified atom stereocenters. The number of hydrogen-bond acceptors (Lipinski definition) is 4. The van der Waals surface area contributed by atoms with Gasteiger partial charge in [-0.2, -0.15) is 0 Å². The van der Waals surface area contributed by atoms with Gasteiger partial charge in [0.2, 0.25) is 17.7 Å². The molecule has 0 radical (unpaired) electrons. The molecule has 6 nitrogen and oxygen atoms in total. The van der Waals surface area contributed by atoms with Crippen molar-refractivity contribution in [1.29, 1.82) is 0 Å². The highest BCUT2D eigenvalue weighted by molar-refractivity contribution is 6.04. The van der Waals surface area contributed by atoms with Crippen molar-refractivity contribution in [2.75, 3.05) is 13.1 Å². The zero-order valence-electron chi connectivity index (χ0n) is 13.4. The van der Waals surface area contributed by atoms with E-state index in [-0.39, 0.29) is 17.9 Å². The maximum Gasteiger partial charge on any atom is 0.249 e. The number of amides is 3. The zero-order chi connectivity index (χ0) is 16.2. The van der Waals surface area contributed by atoms with Crippen molar-refractivity contribution >= 4 is 17.7 Å². The fourth-order valence-corrected chi connectivity index (χ4v) is 2.67. The van der Waals surface area contributed by atoms with Crippen LogP contribution in [0.15, 0.2) is 0 Å². The molecule has 0 bridgehead atoms. The van der Waals surface area contributed by atoms with E-state index in [4.69, 9.17) is 5.73 Å². The van der Waals surface area contributed by atoms with Crippen LogP contribution in [0.3, 0.4) is 0 Å². The molecule has 21 heavy (non-hydrogen) atoms. The van der Waals surface area contributed by atoms with Crippen LogP contribution >= 0.6 is 0 Å². The second-order valence-corrected chi connectivity index (χ2v) is 6.79. The first-order chi connectivity index (χ1) is 9.66. The number of imide groups is 1. The van der Waals surface area contributed by atoms with Crippen molar-refractivity contribution < 1.29 is 14.4 Å². The van der Waals surface area contributed by atoms with Gasteiger partial charge in [-0.1, -0.05) is 20.8 Å². The van der Waals surface area contributed by atoms with E-state index in [1.807, 2.05) is 0 Å². The summed E-state index contributed by atoms with van der Waals surface area (Å²) >= 11 is 0. The molecule has 0 aliphatic carbocycles. The van der Waals surface area contributed by atoms with Crippen LogP contribution in [0, 0.1) is 11.3 Å². The number of carbonyl (C=O) groups excluding carboxylic acids is 3. The Balaban J connectivity index is 2.63. The fourth-order valence-electron chi connectivity index (χ4n) is 2.67. The Bertz CT molecular complexity index is 415. The quantitative estimate of drug-likeness (QED) is 0.729. The van der Waals surface area contributed by atoms with Crippen LogP contribution in [-0.4, -0.2) is 41.8 Å². The van der Waals surface area contributed by atoms with Gasteiger partial charge in [-0.15, -0.1) is 0 Å². The molecule has 1 rings (SSSR count). The third-order valence-corrected chi connectivity index (χ3v) is 4.19. The first-order valence-corrected chi connectivity index (χ1v) is 7.50.